The van der Waals surface area contributed by atoms with Gasteiger partial charge in [-0.15, -0.1) is 0 Å². The van der Waals surface area contributed by atoms with E-state index in [-0.39, 0.29) is 11.2 Å². The molecule has 3 heterocycles. The lowest BCUT2D eigenvalue weighted by atomic mass is 9.85. The summed E-state index contributed by atoms with van der Waals surface area (Å²) in [6, 6.07) is 1.84. The van der Waals surface area contributed by atoms with E-state index in [2.05, 4.69) is 15.1 Å². The molecule has 3 rings (SSSR count). The van der Waals surface area contributed by atoms with Crippen LogP contribution in [0.25, 0.3) is 5.82 Å². The third kappa shape index (κ3) is 2.12. The molecule has 7 heteroatoms. The molecule has 0 amide bonds. The van der Waals surface area contributed by atoms with Gasteiger partial charge in [-0.25, -0.2) is 9.67 Å². The SMILES string of the molecule is CC1(C)OB(c2cncc(-n3cccn3)n2)OC1(C)C. The Balaban J connectivity index is 1.91. The predicted octanol–water partition coefficient (Wildman–Crippen LogP) is 0.961. The second-order valence-electron chi connectivity index (χ2n) is 5.84. The zero-order chi connectivity index (χ0) is 14.4. The minimum atomic E-state index is -0.511. The first-order valence-corrected chi connectivity index (χ1v) is 6.57. The van der Waals surface area contributed by atoms with Crippen LogP contribution in [0.1, 0.15) is 27.7 Å². The summed E-state index contributed by atoms with van der Waals surface area (Å²) in [6.45, 7) is 8.05. The molecule has 0 bridgehead atoms. The molecule has 1 saturated heterocycles. The molecule has 20 heavy (non-hydrogen) atoms. The van der Waals surface area contributed by atoms with Crippen LogP contribution in [-0.2, 0) is 9.31 Å². The fraction of sp³-hybridized carbons (Fsp3) is 0.462. The van der Waals surface area contributed by atoms with E-state index in [1.54, 1.807) is 23.3 Å². The molecule has 2 aromatic rings. The maximum absolute atomic E-state index is 5.97. The Morgan fingerprint density at radius 1 is 1.10 bits per heavy atom. The average Bonchev–Trinajstić information content (AvgIpc) is 2.97. The van der Waals surface area contributed by atoms with Crippen molar-refractivity contribution in [3.05, 3.63) is 30.9 Å². The molecule has 0 radical (unpaired) electrons. The molecule has 0 aromatic carbocycles. The summed E-state index contributed by atoms with van der Waals surface area (Å²) in [5, 5.41) is 4.14. The molecule has 0 saturated carbocycles. The zero-order valence-corrected chi connectivity index (χ0v) is 12.1. The number of nitrogens with zero attached hydrogens (tertiary/aromatic N) is 4. The van der Waals surface area contributed by atoms with E-state index in [0.717, 1.165) is 0 Å². The van der Waals surface area contributed by atoms with Crippen LogP contribution >= 0.6 is 0 Å². The molecule has 0 aliphatic carbocycles. The lowest BCUT2D eigenvalue weighted by Crippen LogP contribution is -2.41. The normalized spacial score (nSPS) is 20.3. The number of aromatic nitrogens is 4. The first kappa shape index (κ1) is 13.3. The van der Waals surface area contributed by atoms with Crippen LogP contribution in [0, 0.1) is 0 Å². The summed E-state index contributed by atoms with van der Waals surface area (Å²) >= 11 is 0. The van der Waals surface area contributed by atoms with Gasteiger partial charge >= 0.3 is 7.12 Å². The molecule has 0 unspecified atom stereocenters. The highest BCUT2D eigenvalue weighted by Gasteiger charge is 2.52. The van der Waals surface area contributed by atoms with E-state index in [9.17, 15) is 0 Å². The Labute approximate surface area is 118 Å². The maximum atomic E-state index is 5.97. The van der Waals surface area contributed by atoms with Crippen molar-refractivity contribution in [3.63, 3.8) is 0 Å². The molecule has 0 N–H and O–H groups in total. The van der Waals surface area contributed by atoms with E-state index < -0.39 is 7.12 Å². The van der Waals surface area contributed by atoms with Crippen molar-refractivity contribution in [3.8, 4) is 5.82 Å². The number of hydrogen-bond acceptors (Lipinski definition) is 5. The molecule has 0 spiro atoms. The van der Waals surface area contributed by atoms with Crippen molar-refractivity contribution < 1.29 is 9.31 Å². The highest BCUT2D eigenvalue weighted by Crippen LogP contribution is 2.36. The quantitative estimate of drug-likeness (QED) is 0.762. The van der Waals surface area contributed by atoms with Gasteiger partial charge in [-0.05, 0) is 33.8 Å². The van der Waals surface area contributed by atoms with Crippen molar-refractivity contribution in [2.45, 2.75) is 38.9 Å². The van der Waals surface area contributed by atoms with Crippen LogP contribution in [0.15, 0.2) is 30.9 Å². The van der Waals surface area contributed by atoms with Crippen molar-refractivity contribution in [1.82, 2.24) is 19.7 Å². The fourth-order valence-electron chi connectivity index (χ4n) is 1.96. The second-order valence-corrected chi connectivity index (χ2v) is 5.84. The third-order valence-corrected chi connectivity index (χ3v) is 3.87. The van der Waals surface area contributed by atoms with Crippen LogP contribution in [0.4, 0.5) is 0 Å². The van der Waals surface area contributed by atoms with Gasteiger partial charge in [0.05, 0.1) is 23.0 Å². The Bertz CT molecular complexity index is 597. The summed E-state index contributed by atoms with van der Waals surface area (Å²) in [4.78, 5) is 8.71. The first-order chi connectivity index (χ1) is 9.39. The molecule has 104 valence electrons. The number of rotatable bonds is 2. The Kier molecular flexibility index (Phi) is 2.91. The molecule has 1 aliphatic rings. The van der Waals surface area contributed by atoms with E-state index in [1.165, 1.54) is 0 Å². The third-order valence-electron chi connectivity index (χ3n) is 3.87. The highest BCUT2D eigenvalue weighted by molar-refractivity contribution is 6.61. The van der Waals surface area contributed by atoms with Gasteiger partial charge in [0.15, 0.2) is 5.82 Å². The smallest absolute Gasteiger partial charge is 0.398 e. The Morgan fingerprint density at radius 2 is 1.80 bits per heavy atom. The molecular weight excluding hydrogens is 255 g/mol. The largest absolute Gasteiger partial charge is 0.516 e. The van der Waals surface area contributed by atoms with Gasteiger partial charge in [0, 0.05) is 18.6 Å². The molecule has 6 nitrogen and oxygen atoms in total. The second kappa shape index (κ2) is 4.39. The van der Waals surface area contributed by atoms with Crippen molar-refractivity contribution >= 4 is 12.7 Å². The first-order valence-electron chi connectivity index (χ1n) is 6.57. The topological polar surface area (TPSA) is 62.1 Å². The summed E-state index contributed by atoms with van der Waals surface area (Å²) in [7, 11) is -0.511. The van der Waals surface area contributed by atoms with Gasteiger partial charge in [0.25, 0.3) is 0 Å². The van der Waals surface area contributed by atoms with Crippen LogP contribution in [-0.4, -0.2) is 38.1 Å². The van der Waals surface area contributed by atoms with Crippen LogP contribution < -0.4 is 5.59 Å². The van der Waals surface area contributed by atoms with E-state index in [0.29, 0.717) is 11.4 Å². The Hall–Kier alpha value is -1.73. The van der Waals surface area contributed by atoms with Gasteiger partial charge in [-0.1, -0.05) is 0 Å². The molecule has 2 aromatic heterocycles. The molecule has 1 aliphatic heterocycles. The standard InChI is InChI=1S/C13H17BN4O2/c1-12(2)13(3,4)20-14(19-12)10-8-15-9-11(17-10)18-7-5-6-16-18/h5-9H,1-4H3. The summed E-state index contributed by atoms with van der Waals surface area (Å²) in [5.41, 5.74) is -0.126. The zero-order valence-electron chi connectivity index (χ0n) is 12.1. The van der Waals surface area contributed by atoms with Crippen LogP contribution in [0.3, 0.4) is 0 Å². The summed E-state index contributed by atoms with van der Waals surface area (Å²) < 4.78 is 13.6. The lowest BCUT2D eigenvalue weighted by Gasteiger charge is -2.32. The van der Waals surface area contributed by atoms with Crippen molar-refractivity contribution in [1.29, 1.82) is 0 Å². The van der Waals surface area contributed by atoms with Gasteiger partial charge < -0.3 is 9.31 Å². The van der Waals surface area contributed by atoms with Crippen LogP contribution in [0.5, 0.6) is 0 Å². The van der Waals surface area contributed by atoms with E-state index >= 15 is 0 Å². The molecule has 0 atom stereocenters. The Morgan fingerprint density at radius 3 is 2.40 bits per heavy atom. The minimum Gasteiger partial charge on any atom is -0.398 e. The van der Waals surface area contributed by atoms with Gasteiger partial charge in [0.2, 0.25) is 0 Å². The lowest BCUT2D eigenvalue weighted by molar-refractivity contribution is 0.00578. The van der Waals surface area contributed by atoms with E-state index in [4.69, 9.17) is 9.31 Å². The van der Waals surface area contributed by atoms with Gasteiger partial charge in [-0.3, -0.25) is 4.98 Å². The maximum Gasteiger partial charge on any atom is 0.516 e. The number of hydrogen-bond donors (Lipinski definition) is 0. The average molecular weight is 272 g/mol. The predicted molar refractivity (Wildman–Crippen MR) is 74.9 cm³/mol. The van der Waals surface area contributed by atoms with E-state index in [1.807, 2.05) is 40.0 Å². The fourth-order valence-corrected chi connectivity index (χ4v) is 1.96. The van der Waals surface area contributed by atoms with Gasteiger partial charge in [0.1, 0.15) is 0 Å². The minimum absolute atomic E-state index is 0.388. The molecular formula is C13H17BN4O2. The molecule has 1 fully saturated rings. The highest BCUT2D eigenvalue weighted by atomic mass is 16.7. The van der Waals surface area contributed by atoms with Crippen LogP contribution in [0.2, 0.25) is 0 Å². The summed E-state index contributed by atoms with van der Waals surface area (Å²) in [5.74, 6) is 0.641. The monoisotopic (exact) mass is 272 g/mol. The van der Waals surface area contributed by atoms with Gasteiger partial charge in [-0.2, -0.15) is 5.10 Å². The summed E-state index contributed by atoms with van der Waals surface area (Å²) in [6.07, 6.45) is 6.83. The van der Waals surface area contributed by atoms with Crippen molar-refractivity contribution in [2.24, 2.45) is 0 Å². The van der Waals surface area contributed by atoms with Crippen molar-refractivity contribution in [2.75, 3.05) is 0 Å².